The average Bonchev–Trinajstić information content (AvgIpc) is 2.39. The summed E-state index contributed by atoms with van der Waals surface area (Å²) < 4.78 is 21.5. The first kappa shape index (κ1) is 8.33. The van der Waals surface area contributed by atoms with Crippen molar-refractivity contribution in [3.8, 4) is 11.5 Å². The summed E-state index contributed by atoms with van der Waals surface area (Å²) in [6.07, 6.45) is 0. The molecule has 0 unspecified atom stereocenters. The van der Waals surface area contributed by atoms with Gasteiger partial charge in [-0.3, -0.25) is 0 Å². The van der Waals surface area contributed by atoms with Gasteiger partial charge in [-0.1, -0.05) is 0 Å². The Balaban J connectivity index is 2.62. The van der Waals surface area contributed by atoms with Gasteiger partial charge in [0.1, 0.15) is 0 Å². The predicted octanol–water partition coefficient (Wildman–Crippen LogP) is 2.45. The molecule has 0 aromatic carbocycles. The molecule has 11 heavy (non-hydrogen) atoms. The van der Waals surface area contributed by atoms with Crippen molar-refractivity contribution in [3.05, 3.63) is 10.8 Å². The Labute approximate surface area is 68.6 Å². The molecule has 2 nitrogen and oxygen atoms in total. The van der Waals surface area contributed by atoms with Crippen LogP contribution in [0.5, 0.6) is 11.5 Å². The van der Waals surface area contributed by atoms with E-state index in [0.717, 1.165) is 0 Å². The zero-order chi connectivity index (χ0) is 8.10. The fraction of sp³-hybridized carbons (Fsp3) is 0.429. The van der Waals surface area contributed by atoms with Gasteiger partial charge in [-0.15, -0.1) is 11.3 Å². The van der Waals surface area contributed by atoms with Crippen molar-refractivity contribution < 1.29 is 13.9 Å². The quantitative estimate of drug-likeness (QED) is 0.701. The highest BCUT2D eigenvalue weighted by Gasteiger charge is 2.04. The maximum Gasteiger partial charge on any atom is 0.228 e. The molecule has 1 aromatic heterocycles. The van der Waals surface area contributed by atoms with E-state index in [4.69, 9.17) is 4.74 Å². The first-order chi connectivity index (χ1) is 5.38. The molecule has 0 bridgehead atoms. The van der Waals surface area contributed by atoms with Gasteiger partial charge in [0.15, 0.2) is 11.5 Å². The summed E-state index contributed by atoms with van der Waals surface area (Å²) in [5.41, 5.74) is 0. The zero-order valence-electron chi connectivity index (χ0n) is 6.17. The van der Waals surface area contributed by atoms with Crippen LogP contribution >= 0.6 is 11.3 Å². The van der Waals surface area contributed by atoms with E-state index < -0.39 is 6.86 Å². The summed E-state index contributed by atoms with van der Waals surface area (Å²) in [6, 6.07) is 0. The van der Waals surface area contributed by atoms with E-state index in [2.05, 4.69) is 4.74 Å². The van der Waals surface area contributed by atoms with Gasteiger partial charge in [-0.05, 0) is 6.92 Å². The van der Waals surface area contributed by atoms with Gasteiger partial charge in [0.2, 0.25) is 6.86 Å². The molecular weight excluding hydrogens is 167 g/mol. The summed E-state index contributed by atoms with van der Waals surface area (Å²) >= 11 is 1.43. The average molecular weight is 176 g/mol. The number of ether oxygens (including phenoxy) is 2. The molecule has 0 spiro atoms. The first-order valence-electron chi connectivity index (χ1n) is 3.26. The molecule has 0 aliphatic rings. The highest BCUT2D eigenvalue weighted by atomic mass is 32.1. The molecule has 0 aliphatic heterocycles. The summed E-state index contributed by atoms with van der Waals surface area (Å²) in [6.45, 7) is 1.63. The molecule has 0 aliphatic carbocycles. The van der Waals surface area contributed by atoms with Gasteiger partial charge in [0.05, 0.1) is 6.61 Å². The van der Waals surface area contributed by atoms with Crippen molar-refractivity contribution >= 4 is 11.3 Å². The maximum absolute atomic E-state index is 11.7. The van der Waals surface area contributed by atoms with E-state index in [1.165, 1.54) is 11.3 Å². The van der Waals surface area contributed by atoms with Gasteiger partial charge < -0.3 is 9.47 Å². The number of hydrogen-bond donors (Lipinski definition) is 0. The van der Waals surface area contributed by atoms with Crippen molar-refractivity contribution in [3.63, 3.8) is 0 Å². The van der Waals surface area contributed by atoms with Crippen LogP contribution in [0.25, 0.3) is 0 Å². The van der Waals surface area contributed by atoms with Crippen LogP contribution < -0.4 is 9.47 Å². The Morgan fingerprint density at radius 3 is 2.55 bits per heavy atom. The third kappa shape index (κ3) is 2.08. The predicted molar refractivity (Wildman–Crippen MR) is 42.1 cm³/mol. The molecular formula is C7H9FO2S. The Bertz CT molecular complexity index is 191. The van der Waals surface area contributed by atoms with Crippen LogP contribution in [0.1, 0.15) is 6.92 Å². The van der Waals surface area contributed by atoms with E-state index in [9.17, 15) is 4.39 Å². The van der Waals surface area contributed by atoms with E-state index in [1.807, 2.05) is 6.92 Å². The van der Waals surface area contributed by atoms with E-state index >= 15 is 0 Å². The summed E-state index contributed by atoms with van der Waals surface area (Å²) in [5.74, 6) is 1.11. The summed E-state index contributed by atoms with van der Waals surface area (Å²) in [7, 11) is 0. The summed E-state index contributed by atoms with van der Waals surface area (Å²) in [5, 5.41) is 3.50. The van der Waals surface area contributed by atoms with E-state index in [1.54, 1.807) is 10.8 Å². The third-order valence-electron chi connectivity index (χ3n) is 1.10. The van der Waals surface area contributed by atoms with Crippen molar-refractivity contribution in [2.45, 2.75) is 6.92 Å². The molecule has 1 rings (SSSR count). The van der Waals surface area contributed by atoms with Gasteiger partial charge >= 0.3 is 0 Å². The van der Waals surface area contributed by atoms with Crippen LogP contribution in [0.2, 0.25) is 0 Å². The molecule has 62 valence electrons. The number of hydrogen-bond acceptors (Lipinski definition) is 3. The standard InChI is InChI=1S/C7H9FO2S/c1-2-9-6-3-11-4-7(6)10-5-8/h3-4H,2,5H2,1H3. The zero-order valence-corrected chi connectivity index (χ0v) is 6.99. The van der Waals surface area contributed by atoms with Gasteiger partial charge in [0.25, 0.3) is 0 Å². The lowest BCUT2D eigenvalue weighted by Crippen LogP contribution is -1.94. The number of rotatable bonds is 4. The van der Waals surface area contributed by atoms with Crippen LogP contribution in [-0.4, -0.2) is 13.5 Å². The molecule has 0 atom stereocenters. The molecule has 1 heterocycles. The Morgan fingerprint density at radius 2 is 2.00 bits per heavy atom. The van der Waals surface area contributed by atoms with Gasteiger partial charge in [0, 0.05) is 10.8 Å². The minimum absolute atomic E-state index is 0.486. The largest absolute Gasteiger partial charge is 0.489 e. The van der Waals surface area contributed by atoms with Crippen molar-refractivity contribution in [1.29, 1.82) is 0 Å². The second-order valence-corrected chi connectivity index (χ2v) is 2.53. The highest BCUT2D eigenvalue weighted by Crippen LogP contribution is 2.31. The monoisotopic (exact) mass is 176 g/mol. The normalized spacial score (nSPS) is 9.64. The topological polar surface area (TPSA) is 18.5 Å². The van der Waals surface area contributed by atoms with Crippen LogP contribution in [0.3, 0.4) is 0 Å². The number of thiophene rings is 1. The van der Waals surface area contributed by atoms with E-state index in [0.29, 0.717) is 18.1 Å². The minimum atomic E-state index is -0.809. The smallest absolute Gasteiger partial charge is 0.228 e. The first-order valence-corrected chi connectivity index (χ1v) is 4.20. The van der Waals surface area contributed by atoms with Gasteiger partial charge in [-0.2, -0.15) is 0 Å². The molecule has 4 heteroatoms. The SMILES string of the molecule is CCOc1cscc1OCF. The summed E-state index contributed by atoms with van der Waals surface area (Å²) in [4.78, 5) is 0. The molecule has 1 aromatic rings. The molecule has 0 N–H and O–H groups in total. The lowest BCUT2D eigenvalue weighted by atomic mass is 10.5. The Kier molecular flexibility index (Phi) is 3.16. The highest BCUT2D eigenvalue weighted by molar-refractivity contribution is 7.08. The third-order valence-corrected chi connectivity index (χ3v) is 1.80. The molecule has 0 radical (unpaired) electrons. The van der Waals surface area contributed by atoms with Crippen molar-refractivity contribution in [1.82, 2.24) is 0 Å². The van der Waals surface area contributed by atoms with E-state index in [-0.39, 0.29) is 0 Å². The molecule has 0 saturated heterocycles. The number of alkyl halides is 1. The maximum atomic E-state index is 11.7. The number of halogens is 1. The molecule has 0 fully saturated rings. The van der Waals surface area contributed by atoms with Crippen LogP contribution in [0.15, 0.2) is 10.8 Å². The molecule has 0 saturated carbocycles. The lowest BCUT2D eigenvalue weighted by molar-refractivity contribution is 0.183. The Morgan fingerprint density at radius 1 is 1.36 bits per heavy atom. The van der Waals surface area contributed by atoms with Crippen LogP contribution in [0.4, 0.5) is 4.39 Å². The minimum Gasteiger partial charge on any atom is -0.489 e. The van der Waals surface area contributed by atoms with Crippen molar-refractivity contribution in [2.24, 2.45) is 0 Å². The van der Waals surface area contributed by atoms with Crippen LogP contribution in [0, 0.1) is 0 Å². The fourth-order valence-electron chi connectivity index (χ4n) is 0.698. The Hall–Kier alpha value is -0.770. The fourth-order valence-corrected chi connectivity index (χ4v) is 1.38. The lowest BCUT2D eigenvalue weighted by Gasteiger charge is -2.02. The van der Waals surface area contributed by atoms with Crippen molar-refractivity contribution in [2.75, 3.05) is 13.5 Å². The van der Waals surface area contributed by atoms with Gasteiger partial charge in [-0.25, -0.2) is 4.39 Å². The second-order valence-electron chi connectivity index (χ2n) is 1.79. The second kappa shape index (κ2) is 4.18. The van der Waals surface area contributed by atoms with Crippen LogP contribution in [-0.2, 0) is 0 Å². The molecule has 0 amide bonds.